The normalized spacial score (nSPS) is 9.08. The van der Waals surface area contributed by atoms with Crippen molar-refractivity contribution in [3.8, 4) is 0 Å². The topological polar surface area (TPSA) is 71.1 Å². The van der Waals surface area contributed by atoms with Gasteiger partial charge in [-0.3, -0.25) is 0 Å². The molecule has 0 aliphatic carbocycles. The van der Waals surface area contributed by atoms with Crippen LogP contribution in [-0.4, -0.2) is 10.5 Å². The van der Waals surface area contributed by atoms with Crippen LogP contribution in [0.3, 0.4) is 0 Å². The molecule has 12 heavy (non-hydrogen) atoms. The molecule has 0 bridgehead atoms. The second-order valence-electron chi connectivity index (χ2n) is 2.19. The first-order valence-electron chi connectivity index (χ1n) is 3.32. The summed E-state index contributed by atoms with van der Waals surface area (Å²) in [6.45, 7) is 2.55. The number of carboxylic acid groups (broad SMARTS) is 1. The van der Waals surface area contributed by atoms with Gasteiger partial charge in [-0.25, -0.2) is 0 Å². The van der Waals surface area contributed by atoms with Gasteiger partial charge < -0.3 is 20.2 Å². The van der Waals surface area contributed by atoms with Crippen molar-refractivity contribution in [2.75, 3.05) is 5.73 Å². The summed E-state index contributed by atoms with van der Waals surface area (Å²) in [4.78, 5) is 10.3. The number of aromatic carboxylic acids is 1. The van der Waals surface area contributed by atoms with Crippen LogP contribution in [0.2, 0.25) is 0 Å². The molecule has 1 aromatic heterocycles. The minimum absolute atomic E-state index is 0. The van der Waals surface area contributed by atoms with Crippen LogP contribution in [0.1, 0.15) is 17.3 Å². The maximum absolute atomic E-state index is 10.3. The molecule has 0 aromatic carbocycles. The summed E-state index contributed by atoms with van der Waals surface area (Å²) in [5.74, 6) is -0.970. The van der Waals surface area contributed by atoms with Crippen molar-refractivity contribution in [2.24, 2.45) is 0 Å². The molecule has 0 fully saturated rings. The molecule has 0 unspecified atom stereocenters. The van der Waals surface area contributed by atoms with Crippen molar-refractivity contribution in [3.05, 3.63) is 17.8 Å². The van der Waals surface area contributed by atoms with Gasteiger partial charge in [0.15, 0.2) is 0 Å². The first kappa shape index (κ1) is 12.2. The van der Waals surface area contributed by atoms with E-state index in [0.29, 0.717) is 6.54 Å². The molecule has 60 valence electrons. The fraction of sp³-hybridized carbons (Fsp3) is 0.286. The van der Waals surface area contributed by atoms with Gasteiger partial charge in [0, 0.05) is 18.3 Å². The third-order valence-electron chi connectivity index (χ3n) is 1.57. The Bertz CT molecular complexity index is 283. The molecule has 4 nitrogen and oxygen atoms in total. The Morgan fingerprint density at radius 3 is 2.58 bits per heavy atom. The zero-order valence-electron chi connectivity index (χ0n) is 7.20. The molecule has 5 heteroatoms. The van der Waals surface area contributed by atoms with E-state index in [2.05, 4.69) is 0 Å². The number of carboxylic acids is 1. The summed E-state index contributed by atoms with van der Waals surface area (Å²) in [6, 6.07) is 1.44. The summed E-state index contributed by atoms with van der Waals surface area (Å²) in [5, 5.41) is 10.3. The second-order valence-corrected chi connectivity index (χ2v) is 2.19. The number of aromatic nitrogens is 1. The average Bonchev–Trinajstić information content (AvgIpc) is 2.30. The monoisotopic (exact) mass is 192 g/mol. The van der Waals surface area contributed by atoms with Gasteiger partial charge in [0.25, 0.3) is 0 Å². The zero-order valence-corrected chi connectivity index (χ0v) is 10.3. The van der Waals surface area contributed by atoms with E-state index in [0.717, 1.165) is 0 Å². The molecule has 0 radical (unpaired) electrons. The molecule has 0 aliphatic rings. The number of rotatable bonds is 2. The molecule has 1 heterocycles. The minimum Gasteiger partial charge on any atom is -0.545 e. The molecule has 0 saturated heterocycles. The van der Waals surface area contributed by atoms with E-state index < -0.39 is 5.97 Å². The largest absolute Gasteiger partial charge is 1.00 e. The van der Waals surface area contributed by atoms with Gasteiger partial charge in [0.2, 0.25) is 0 Å². The van der Waals surface area contributed by atoms with Crippen LogP contribution in [0, 0.1) is 0 Å². The Labute approximate surface area is 113 Å². The minimum atomic E-state index is -1.23. The Balaban J connectivity index is 0.00000121. The SMILES string of the molecule is CCn1ccc(C(=O)[O-])c1N.[K+]. The fourth-order valence-electron chi connectivity index (χ4n) is 0.933. The van der Waals surface area contributed by atoms with E-state index >= 15 is 0 Å². The van der Waals surface area contributed by atoms with Crippen molar-refractivity contribution in [3.63, 3.8) is 0 Å². The van der Waals surface area contributed by atoms with Crippen molar-refractivity contribution in [2.45, 2.75) is 13.5 Å². The molecule has 1 aromatic rings. The second kappa shape index (κ2) is 5.03. The summed E-state index contributed by atoms with van der Waals surface area (Å²) < 4.78 is 1.64. The average molecular weight is 192 g/mol. The van der Waals surface area contributed by atoms with Crippen LogP contribution < -0.4 is 62.2 Å². The molecule has 0 saturated carbocycles. The van der Waals surface area contributed by atoms with Gasteiger partial charge in [0.05, 0.1) is 5.97 Å². The van der Waals surface area contributed by atoms with Crippen LogP contribution in [0.15, 0.2) is 12.3 Å². The van der Waals surface area contributed by atoms with Gasteiger partial charge in [-0.05, 0) is 13.0 Å². The maximum Gasteiger partial charge on any atom is 1.00 e. The van der Waals surface area contributed by atoms with E-state index in [1.807, 2.05) is 6.92 Å². The molecule has 0 atom stereocenters. The van der Waals surface area contributed by atoms with Crippen LogP contribution in [0.25, 0.3) is 0 Å². The van der Waals surface area contributed by atoms with Crippen LogP contribution in [0.5, 0.6) is 0 Å². The number of hydrogen-bond acceptors (Lipinski definition) is 3. The third kappa shape index (κ3) is 2.34. The molecule has 0 spiro atoms. The van der Waals surface area contributed by atoms with Crippen molar-refractivity contribution < 1.29 is 61.3 Å². The summed E-state index contributed by atoms with van der Waals surface area (Å²) in [7, 11) is 0. The van der Waals surface area contributed by atoms with Gasteiger partial charge in [-0.1, -0.05) is 0 Å². The van der Waals surface area contributed by atoms with Gasteiger partial charge in [-0.15, -0.1) is 0 Å². The number of nitrogens with zero attached hydrogens (tertiary/aromatic N) is 1. The number of nitrogen functional groups attached to an aromatic ring is 1. The van der Waals surface area contributed by atoms with Crippen LogP contribution in [0.4, 0.5) is 5.82 Å². The van der Waals surface area contributed by atoms with E-state index in [1.165, 1.54) is 6.07 Å². The Morgan fingerprint density at radius 2 is 2.33 bits per heavy atom. The summed E-state index contributed by atoms with van der Waals surface area (Å²) >= 11 is 0. The smallest absolute Gasteiger partial charge is 0.545 e. The van der Waals surface area contributed by atoms with Crippen LogP contribution in [-0.2, 0) is 6.54 Å². The van der Waals surface area contributed by atoms with E-state index in [4.69, 9.17) is 5.73 Å². The predicted molar refractivity (Wildman–Crippen MR) is 38.8 cm³/mol. The third-order valence-corrected chi connectivity index (χ3v) is 1.57. The van der Waals surface area contributed by atoms with E-state index in [1.54, 1.807) is 10.8 Å². The van der Waals surface area contributed by atoms with Gasteiger partial charge >= 0.3 is 51.4 Å². The van der Waals surface area contributed by atoms with E-state index in [9.17, 15) is 9.90 Å². The quantitative estimate of drug-likeness (QED) is 0.493. The first-order chi connectivity index (χ1) is 5.16. The number of aryl methyl sites for hydroxylation is 1. The number of nitrogens with two attached hydrogens (primary N) is 1. The van der Waals surface area contributed by atoms with E-state index in [-0.39, 0.29) is 62.8 Å². The predicted octanol–water partition coefficient (Wildman–Crippen LogP) is -3.54. The molecular weight excluding hydrogens is 183 g/mol. The van der Waals surface area contributed by atoms with Crippen LogP contribution >= 0.6 is 0 Å². The Hall–Kier alpha value is 0.186. The van der Waals surface area contributed by atoms with Crippen molar-refractivity contribution in [1.29, 1.82) is 0 Å². The fourth-order valence-corrected chi connectivity index (χ4v) is 0.933. The standard InChI is InChI=1S/C7H10N2O2.K/c1-2-9-4-3-5(6(9)8)7(10)11;/h3-4H,2,8H2,1H3,(H,10,11);/q;+1/p-1. The van der Waals surface area contributed by atoms with Crippen molar-refractivity contribution in [1.82, 2.24) is 4.57 Å². The number of anilines is 1. The number of hydrogen-bond donors (Lipinski definition) is 1. The zero-order chi connectivity index (χ0) is 8.43. The Kier molecular flexibility index (Phi) is 5.11. The van der Waals surface area contributed by atoms with Gasteiger partial charge in [0.1, 0.15) is 5.82 Å². The molecular formula is C7H9KN2O2. The molecule has 0 aliphatic heterocycles. The molecule has 0 amide bonds. The first-order valence-corrected chi connectivity index (χ1v) is 3.32. The Morgan fingerprint density at radius 1 is 1.75 bits per heavy atom. The molecule has 1 rings (SSSR count). The maximum atomic E-state index is 10.3. The van der Waals surface area contributed by atoms with Gasteiger partial charge in [-0.2, -0.15) is 0 Å². The summed E-state index contributed by atoms with van der Waals surface area (Å²) in [5.41, 5.74) is 5.52. The van der Waals surface area contributed by atoms with Crippen molar-refractivity contribution >= 4 is 11.8 Å². The number of carbonyl (C=O) groups excluding carboxylic acids is 1. The molecule has 2 N–H and O–H groups in total. The number of carbonyl (C=O) groups is 1. The summed E-state index contributed by atoms with van der Waals surface area (Å²) in [6.07, 6.45) is 1.63.